The topological polar surface area (TPSA) is 0 Å². The van der Waals surface area contributed by atoms with Gasteiger partial charge in [0.1, 0.15) is 0 Å². The molecular formula is C22H22. The van der Waals surface area contributed by atoms with Gasteiger partial charge in [-0.05, 0) is 46.7 Å². The van der Waals surface area contributed by atoms with Crippen LogP contribution in [0.4, 0.5) is 0 Å². The minimum absolute atomic E-state index is 0.521. The molecule has 0 unspecified atom stereocenters. The fourth-order valence-electron chi connectivity index (χ4n) is 2.69. The Morgan fingerprint density at radius 3 is 1.68 bits per heavy atom. The summed E-state index contributed by atoms with van der Waals surface area (Å²) in [4.78, 5) is 0. The molecule has 0 atom stereocenters. The zero-order valence-corrected chi connectivity index (χ0v) is 13.5. The number of rotatable bonds is 3. The molecule has 0 heteroatoms. The number of hydrogen-bond acceptors (Lipinski definition) is 0. The molecule has 22 heavy (non-hydrogen) atoms. The SMILES string of the molecule is Cc1ccc(-c2cc(-c3ccccc3)cc(C(C)C)c2)cc1. The van der Waals surface area contributed by atoms with Gasteiger partial charge in [0.2, 0.25) is 0 Å². The van der Waals surface area contributed by atoms with Crippen molar-refractivity contribution in [1.29, 1.82) is 0 Å². The molecule has 3 aromatic carbocycles. The first kappa shape index (κ1) is 14.6. The minimum Gasteiger partial charge on any atom is -0.0622 e. The molecule has 0 amide bonds. The van der Waals surface area contributed by atoms with Gasteiger partial charge in [-0.15, -0.1) is 0 Å². The smallest absolute Gasteiger partial charge is 0.0175 e. The summed E-state index contributed by atoms with van der Waals surface area (Å²) in [6.45, 7) is 6.63. The van der Waals surface area contributed by atoms with Crippen molar-refractivity contribution in [3.05, 3.63) is 83.9 Å². The van der Waals surface area contributed by atoms with Crippen LogP contribution in [0.25, 0.3) is 22.3 Å². The minimum atomic E-state index is 0.521. The molecule has 0 aliphatic heterocycles. The summed E-state index contributed by atoms with van der Waals surface area (Å²) in [6.07, 6.45) is 0. The highest BCUT2D eigenvalue weighted by atomic mass is 14.1. The lowest BCUT2D eigenvalue weighted by Gasteiger charge is -2.13. The first-order valence-corrected chi connectivity index (χ1v) is 7.91. The van der Waals surface area contributed by atoms with Crippen molar-refractivity contribution in [2.45, 2.75) is 26.7 Å². The van der Waals surface area contributed by atoms with Gasteiger partial charge < -0.3 is 0 Å². The van der Waals surface area contributed by atoms with E-state index in [0.717, 1.165) is 0 Å². The summed E-state index contributed by atoms with van der Waals surface area (Å²) in [5.74, 6) is 0.521. The second kappa shape index (κ2) is 6.19. The van der Waals surface area contributed by atoms with Crippen molar-refractivity contribution in [2.75, 3.05) is 0 Å². The Labute approximate surface area is 133 Å². The number of aryl methyl sites for hydroxylation is 1. The van der Waals surface area contributed by atoms with Gasteiger partial charge in [0.25, 0.3) is 0 Å². The van der Waals surface area contributed by atoms with Crippen LogP contribution in [-0.4, -0.2) is 0 Å². The van der Waals surface area contributed by atoms with E-state index in [4.69, 9.17) is 0 Å². The summed E-state index contributed by atoms with van der Waals surface area (Å²) in [5.41, 5.74) is 7.83. The van der Waals surface area contributed by atoms with Gasteiger partial charge in [-0.3, -0.25) is 0 Å². The Balaban J connectivity index is 2.14. The Morgan fingerprint density at radius 1 is 0.591 bits per heavy atom. The third-order valence-corrected chi connectivity index (χ3v) is 4.11. The van der Waals surface area contributed by atoms with Crippen molar-refractivity contribution >= 4 is 0 Å². The van der Waals surface area contributed by atoms with E-state index in [9.17, 15) is 0 Å². The Hall–Kier alpha value is -2.34. The molecule has 0 saturated carbocycles. The molecule has 0 aromatic heterocycles. The van der Waals surface area contributed by atoms with Crippen LogP contribution >= 0.6 is 0 Å². The van der Waals surface area contributed by atoms with Crippen LogP contribution in [0, 0.1) is 6.92 Å². The third-order valence-electron chi connectivity index (χ3n) is 4.11. The molecule has 0 aliphatic rings. The summed E-state index contributed by atoms with van der Waals surface area (Å²) in [7, 11) is 0. The van der Waals surface area contributed by atoms with E-state index in [0.29, 0.717) is 5.92 Å². The lowest BCUT2D eigenvalue weighted by molar-refractivity contribution is 0.867. The Morgan fingerprint density at radius 2 is 1.14 bits per heavy atom. The van der Waals surface area contributed by atoms with Gasteiger partial charge in [0.05, 0.1) is 0 Å². The van der Waals surface area contributed by atoms with Crippen molar-refractivity contribution in [3.8, 4) is 22.3 Å². The summed E-state index contributed by atoms with van der Waals surface area (Å²) < 4.78 is 0. The molecule has 0 heterocycles. The predicted octanol–water partition coefficient (Wildman–Crippen LogP) is 6.45. The predicted molar refractivity (Wildman–Crippen MR) is 96.1 cm³/mol. The van der Waals surface area contributed by atoms with Crippen LogP contribution in [0.15, 0.2) is 72.8 Å². The van der Waals surface area contributed by atoms with E-state index in [-0.39, 0.29) is 0 Å². The van der Waals surface area contributed by atoms with Crippen molar-refractivity contribution < 1.29 is 0 Å². The second-order valence-electron chi connectivity index (χ2n) is 6.23. The van der Waals surface area contributed by atoms with Crippen LogP contribution < -0.4 is 0 Å². The Bertz CT molecular complexity index is 750. The van der Waals surface area contributed by atoms with Crippen molar-refractivity contribution in [2.24, 2.45) is 0 Å². The molecular weight excluding hydrogens is 264 g/mol. The number of benzene rings is 3. The molecule has 0 fully saturated rings. The van der Waals surface area contributed by atoms with E-state index in [2.05, 4.69) is 93.6 Å². The highest BCUT2D eigenvalue weighted by Crippen LogP contribution is 2.31. The molecule has 0 bridgehead atoms. The molecule has 3 rings (SSSR count). The highest BCUT2D eigenvalue weighted by Gasteiger charge is 2.07. The van der Waals surface area contributed by atoms with Gasteiger partial charge in [-0.2, -0.15) is 0 Å². The van der Waals surface area contributed by atoms with Crippen molar-refractivity contribution in [3.63, 3.8) is 0 Å². The molecule has 0 saturated heterocycles. The number of hydrogen-bond donors (Lipinski definition) is 0. The van der Waals surface area contributed by atoms with E-state index in [1.165, 1.54) is 33.4 Å². The van der Waals surface area contributed by atoms with Gasteiger partial charge in [0.15, 0.2) is 0 Å². The quantitative estimate of drug-likeness (QED) is 0.519. The van der Waals surface area contributed by atoms with Crippen molar-refractivity contribution in [1.82, 2.24) is 0 Å². The van der Waals surface area contributed by atoms with E-state index in [1.54, 1.807) is 0 Å². The molecule has 3 aromatic rings. The lowest BCUT2D eigenvalue weighted by atomic mass is 9.92. The van der Waals surface area contributed by atoms with Gasteiger partial charge in [-0.1, -0.05) is 86.1 Å². The molecule has 0 spiro atoms. The maximum Gasteiger partial charge on any atom is -0.0175 e. The average Bonchev–Trinajstić information content (AvgIpc) is 2.56. The third kappa shape index (κ3) is 3.12. The first-order valence-electron chi connectivity index (χ1n) is 7.91. The highest BCUT2D eigenvalue weighted by molar-refractivity contribution is 5.74. The van der Waals surface area contributed by atoms with E-state index < -0.39 is 0 Å². The summed E-state index contributed by atoms with van der Waals surface area (Å²) >= 11 is 0. The Kier molecular flexibility index (Phi) is 4.11. The second-order valence-corrected chi connectivity index (χ2v) is 6.23. The normalized spacial score (nSPS) is 10.9. The van der Waals surface area contributed by atoms with Crippen LogP contribution in [0.3, 0.4) is 0 Å². The monoisotopic (exact) mass is 286 g/mol. The summed E-state index contributed by atoms with van der Waals surface area (Å²) in [5, 5.41) is 0. The van der Waals surface area contributed by atoms with Gasteiger partial charge >= 0.3 is 0 Å². The fraction of sp³-hybridized carbons (Fsp3) is 0.182. The zero-order valence-electron chi connectivity index (χ0n) is 13.5. The fourth-order valence-corrected chi connectivity index (χ4v) is 2.69. The largest absolute Gasteiger partial charge is 0.0622 e. The lowest BCUT2D eigenvalue weighted by Crippen LogP contribution is -1.91. The molecule has 0 radical (unpaired) electrons. The molecule has 0 aliphatic carbocycles. The van der Waals surface area contributed by atoms with Crippen LogP contribution in [0.2, 0.25) is 0 Å². The molecule has 0 nitrogen and oxygen atoms in total. The summed E-state index contributed by atoms with van der Waals surface area (Å²) in [6, 6.07) is 26.3. The van der Waals surface area contributed by atoms with Crippen LogP contribution in [0.5, 0.6) is 0 Å². The molecule has 0 N–H and O–H groups in total. The molecule has 110 valence electrons. The van der Waals surface area contributed by atoms with Gasteiger partial charge in [0, 0.05) is 0 Å². The van der Waals surface area contributed by atoms with E-state index in [1.807, 2.05) is 0 Å². The maximum absolute atomic E-state index is 2.32. The van der Waals surface area contributed by atoms with Crippen LogP contribution in [0.1, 0.15) is 30.9 Å². The van der Waals surface area contributed by atoms with E-state index >= 15 is 0 Å². The van der Waals surface area contributed by atoms with Crippen LogP contribution in [-0.2, 0) is 0 Å². The standard InChI is InChI=1S/C22H22/c1-16(2)20-13-21(18-7-5-4-6-8-18)15-22(14-20)19-11-9-17(3)10-12-19/h4-16H,1-3H3. The maximum atomic E-state index is 2.32. The first-order chi connectivity index (χ1) is 10.6. The van der Waals surface area contributed by atoms with Gasteiger partial charge in [-0.25, -0.2) is 0 Å². The average molecular weight is 286 g/mol. The zero-order chi connectivity index (χ0) is 15.5.